The van der Waals surface area contributed by atoms with E-state index in [1.54, 1.807) is 0 Å². The van der Waals surface area contributed by atoms with E-state index in [0.29, 0.717) is 6.54 Å². The molecule has 3 N–H and O–H groups in total. The highest BCUT2D eigenvalue weighted by atomic mass is 79.9. The maximum Gasteiger partial charge on any atom is 0.0647 e. The molecule has 0 aliphatic heterocycles. The van der Waals surface area contributed by atoms with Crippen molar-refractivity contribution in [3.8, 4) is 0 Å². The Morgan fingerprint density at radius 1 is 1.16 bits per heavy atom. The number of halogens is 2. The molecule has 100 valence electrons. The fraction of sp³-hybridized carbons (Fsp3) is 0.200. The zero-order chi connectivity index (χ0) is 13.8. The summed E-state index contributed by atoms with van der Waals surface area (Å²) in [5.74, 6) is 0. The number of rotatable bonds is 4. The molecule has 0 saturated heterocycles. The van der Waals surface area contributed by atoms with Crippen LogP contribution in [0, 0.1) is 6.92 Å². The zero-order valence-corrected chi connectivity index (χ0v) is 13.8. The summed E-state index contributed by atoms with van der Waals surface area (Å²) in [5, 5.41) is 3.48. The van der Waals surface area contributed by atoms with Gasteiger partial charge in [-0.15, -0.1) is 0 Å². The van der Waals surface area contributed by atoms with Crippen LogP contribution in [0.5, 0.6) is 0 Å². The maximum atomic E-state index is 5.90. The smallest absolute Gasteiger partial charge is 0.0647 e. The van der Waals surface area contributed by atoms with E-state index in [4.69, 9.17) is 5.73 Å². The standard InChI is InChI=1S/C15H16Br2N2/c1-10-6-11(16)8-12(7-10)19-15(9-18)13-4-2-3-5-14(13)17/h2-8,15,19H,9,18H2,1H3. The first-order chi connectivity index (χ1) is 9.10. The Morgan fingerprint density at radius 2 is 1.89 bits per heavy atom. The summed E-state index contributed by atoms with van der Waals surface area (Å²) in [6.45, 7) is 2.61. The molecule has 0 aliphatic rings. The predicted octanol–water partition coefficient (Wildman–Crippen LogP) is 4.63. The Morgan fingerprint density at radius 3 is 2.53 bits per heavy atom. The van der Waals surface area contributed by atoms with Crippen LogP contribution in [0.2, 0.25) is 0 Å². The summed E-state index contributed by atoms with van der Waals surface area (Å²) in [5.41, 5.74) is 9.35. The minimum Gasteiger partial charge on any atom is -0.377 e. The number of nitrogens with two attached hydrogens (primary N) is 1. The van der Waals surface area contributed by atoms with Gasteiger partial charge in [-0.2, -0.15) is 0 Å². The molecule has 0 fully saturated rings. The number of aryl methyl sites for hydroxylation is 1. The van der Waals surface area contributed by atoms with Crippen LogP contribution in [-0.2, 0) is 0 Å². The first-order valence-electron chi connectivity index (χ1n) is 6.08. The van der Waals surface area contributed by atoms with Crippen molar-refractivity contribution in [2.45, 2.75) is 13.0 Å². The fourth-order valence-electron chi connectivity index (χ4n) is 2.04. The summed E-state index contributed by atoms with van der Waals surface area (Å²) < 4.78 is 2.14. The van der Waals surface area contributed by atoms with Gasteiger partial charge in [0.25, 0.3) is 0 Å². The summed E-state index contributed by atoms with van der Waals surface area (Å²) >= 11 is 7.09. The second-order valence-corrected chi connectivity index (χ2v) is 6.24. The number of hydrogen-bond donors (Lipinski definition) is 2. The molecule has 0 heterocycles. The number of hydrogen-bond acceptors (Lipinski definition) is 2. The minimum atomic E-state index is 0.0873. The van der Waals surface area contributed by atoms with Crippen molar-refractivity contribution in [3.05, 3.63) is 62.5 Å². The van der Waals surface area contributed by atoms with Crippen molar-refractivity contribution in [3.63, 3.8) is 0 Å². The minimum absolute atomic E-state index is 0.0873. The second-order valence-electron chi connectivity index (χ2n) is 4.47. The molecule has 2 aromatic carbocycles. The van der Waals surface area contributed by atoms with Gasteiger partial charge in [0.2, 0.25) is 0 Å². The van der Waals surface area contributed by atoms with Gasteiger partial charge in [-0.25, -0.2) is 0 Å². The van der Waals surface area contributed by atoms with Crippen molar-refractivity contribution < 1.29 is 0 Å². The maximum absolute atomic E-state index is 5.90. The Labute approximate surface area is 130 Å². The quantitative estimate of drug-likeness (QED) is 0.807. The molecule has 1 atom stereocenters. The molecular formula is C15H16Br2N2. The van der Waals surface area contributed by atoms with Crippen LogP contribution in [0.4, 0.5) is 5.69 Å². The van der Waals surface area contributed by atoms with Gasteiger partial charge in [-0.1, -0.05) is 50.1 Å². The third-order valence-corrected chi connectivity index (χ3v) is 4.08. The van der Waals surface area contributed by atoms with Crippen LogP contribution in [0.15, 0.2) is 51.4 Å². The largest absolute Gasteiger partial charge is 0.377 e. The number of benzene rings is 2. The molecule has 0 spiro atoms. The lowest BCUT2D eigenvalue weighted by molar-refractivity contribution is 0.786. The van der Waals surface area contributed by atoms with Crippen molar-refractivity contribution in [1.82, 2.24) is 0 Å². The molecule has 0 radical (unpaired) electrons. The Bertz CT molecular complexity index is 550. The Balaban J connectivity index is 2.26. The lowest BCUT2D eigenvalue weighted by atomic mass is 10.1. The van der Waals surface area contributed by atoms with Crippen LogP contribution in [0.25, 0.3) is 0 Å². The van der Waals surface area contributed by atoms with Crippen LogP contribution >= 0.6 is 31.9 Å². The molecule has 0 bridgehead atoms. The average Bonchev–Trinajstić information content (AvgIpc) is 2.36. The lowest BCUT2D eigenvalue weighted by Gasteiger charge is -2.20. The SMILES string of the molecule is Cc1cc(Br)cc(NC(CN)c2ccccc2Br)c1. The van der Waals surface area contributed by atoms with Gasteiger partial charge in [0.15, 0.2) is 0 Å². The first kappa shape index (κ1) is 14.6. The normalized spacial score (nSPS) is 12.2. The Hall–Kier alpha value is -0.840. The lowest BCUT2D eigenvalue weighted by Crippen LogP contribution is -2.21. The summed E-state index contributed by atoms with van der Waals surface area (Å²) in [4.78, 5) is 0. The molecule has 0 aliphatic carbocycles. The first-order valence-corrected chi connectivity index (χ1v) is 7.67. The van der Waals surface area contributed by atoms with Crippen LogP contribution in [-0.4, -0.2) is 6.54 Å². The molecule has 0 amide bonds. The summed E-state index contributed by atoms with van der Waals surface area (Å²) in [7, 11) is 0. The zero-order valence-electron chi connectivity index (χ0n) is 10.7. The topological polar surface area (TPSA) is 38.0 Å². The van der Waals surface area contributed by atoms with E-state index in [1.165, 1.54) is 11.1 Å². The summed E-state index contributed by atoms with van der Waals surface area (Å²) in [6.07, 6.45) is 0. The molecule has 1 unspecified atom stereocenters. The Kier molecular flexibility index (Phi) is 5.02. The third-order valence-electron chi connectivity index (χ3n) is 2.90. The van der Waals surface area contributed by atoms with Crippen molar-refractivity contribution >= 4 is 37.5 Å². The van der Waals surface area contributed by atoms with Gasteiger partial charge in [-0.3, -0.25) is 0 Å². The van der Waals surface area contributed by atoms with Gasteiger partial charge < -0.3 is 11.1 Å². The molecule has 2 nitrogen and oxygen atoms in total. The van der Waals surface area contributed by atoms with Crippen molar-refractivity contribution in [1.29, 1.82) is 0 Å². The van der Waals surface area contributed by atoms with Crippen molar-refractivity contribution in [2.75, 3.05) is 11.9 Å². The van der Waals surface area contributed by atoms with Gasteiger partial charge in [0, 0.05) is 21.2 Å². The molecule has 0 saturated carbocycles. The van der Waals surface area contributed by atoms with Gasteiger partial charge in [0.05, 0.1) is 6.04 Å². The fourth-order valence-corrected chi connectivity index (χ4v) is 3.21. The molecule has 0 aromatic heterocycles. The molecule has 2 rings (SSSR count). The number of nitrogens with one attached hydrogen (secondary N) is 1. The van der Waals surface area contributed by atoms with Crippen LogP contribution < -0.4 is 11.1 Å². The van der Waals surface area contributed by atoms with E-state index < -0.39 is 0 Å². The van der Waals surface area contributed by atoms with Crippen LogP contribution in [0.3, 0.4) is 0 Å². The highest BCUT2D eigenvalue weighted by Crippen LogP contribution is 2.27. The molecule has 19 heavy (non-hydrogen) atoms. The van der Waals surface area contributed by atoms with Gasteiger partial charge in [-0.05, 0) is 42.3 Å². The van der Waals surface area contributed by atoms with Crippen LogP contribution in [0.1, 0.15) is 17.2 Å². The third kappa shape index (κ3) is 3.81. The van der Waals surface area contributed by atoms with E-state index >= 15 is 0 Å². The van der Waals surface area contributed by atoms with E-state index in [9.17, 15) is 0 Å². The van der Waals surface area contributed by atoms with Crippen molar-refractivity contribution in [2.24, 2.45) is 5.73 Å². The molecule has 4 heteroatoms. The summed E-state index contributed by atoms with van der Waals surface area (Å²) in [6, 6.07) is 14.5. The van der Waals surface area contributed by atoms with Gasteiger partial charge >= 0.3 is 0 Å². The second kappa shape index (κ2) is 6.55. The van der Waals surface area contributed by atoms with E-state index in [0.717, 1.165) is 14.6 Å². The highest BCUT2D eigenvalue weighted by Gasteiger charge is 2.12. The molecular weight excluding hydrogens is 368 g/mol. The molecule has 2 aromatic rings. The van der Waals surface area contributed by atoms with E-state index in [-0.39, 0.29) is 6.04 Å². The highest BCUT2D eigenvalue weighted by molar-refractivity contribution is 9.10. The predicted molar refractivity (Wildman–Crippen MR) is 88.4 cm³/mol. The monoisotopic (exact) mass is 382 g/mol. The average molecular weight is 384 g/mol. The van der Waals surface area contributed by atoms with Gasteiger partial charge in [0.1, 0.15) is 0 Å². The number of anilines is 1. The van der Waals surface area contributed by atoms with E-state index in [2.05, 4.69) is 68.4 Å². The van der Waals surface area contributed by atoms with E-state index in [1.807, 2.05) is 18.2 Å².